The Morgan fingerprint density at radius 2 is 1.53 bits per heavy atom. The van der Waals surface area contributed by atoms with E-state index < -0.39 is 40.8 Å². The number of carbonyl (C=O) groups excluding carboxylic acids is 3. The van der Waals surface area contributed by atoms with Crippen molar-refractivity contribution in [2.45, 2.75) is 75.9 Å². The van der Waals surface area contributed by atoms with E-state index in [-0.39, 0.29) is 45.2 Å². The molecule has 2 rings (SSSR count). The van der Waals surface area contributed by atoms with Crippen molar-refractivity contribution in [3.8, 4) is 0 Å². The van der Waals surface area contributed by atoms with Crippen LogP contribution in [-0.2, 0) is 40.0 Å². The van der Waals surface area contributed by atoms with Crippen LogP contribution in [-0.4, -0.2) is 112 Å². The van der Waals surface area contributed by atoms with Crippen LogP contribution in [0.25, 0.3) is 0 Å². The average molecular weight is 616 g/mol. The van der Waals surface area contributed by atoms with Crippen LogP contribution in [0, 0.1) is 0 Å². The molecule has 3 atom stereocenters. The van der Waals surface area contributed by atoms with E-state index in [0.717, 1.165) is 5.56 Å². The number of aryl methyl sites for hydroxylation is 1. The van der Waals surface area contributed by atoms with Crippen molar-refractivity contribution in [2.75, 3.05) is 39.5 Å². The van der Waals surface area contributed by atoms with E-state index in [1.165, 1.54) is 4.90 Å². The van der Waals surface area contributed by atoms with Gasteiger partial charge >= 0.3 is 11.9 Å². The molecule has 1 saturated heterocycles. The first-order valence-electron chi connectivity index (χ1n) is 14.5. The highest BCUT2D eigenvalue weighted by Gasteiger charge is 2.39. The highest BCUT2D eigenvalue weighted by Crippen LogP contribution is 2.22. The zero-order valence-electron chi connectivity index (χ0n) is 24.3. The van der Waals surface area contributed by atoms with Crippen molar-refractivity contribution in [3.05, 3.63) is 35.9 Å². The standard InChI is InChI=1S/C27H45N5O11/c28-15-5-4-11-22(25(33)30-16-6-12-24(30)27(35)41-18-8-20-43-32(38)39)29-23(14-13-21-9-2-1-3-10-21)26(34)40-17-7-19-42-31(36)37/h1-3,9-10,22-24,29,36-39H,4-8,11-20,28H2. The molecule has 1 aliphatic heterocycles. The molecule has 3 unspecified atom stereocenters. The van der Waals surface area contributed by atoms with Crippen LogP contribution in [0.1, 0.15) is 56.9 Å². The largest absolute Gasteiger partial charge is 0.464 e. The van der Waals surface area contributed by atoms with Gasteiger partial charge in [0.1, 0.15) is 12.1 Å². The molecular formula is C27H45N5O11. The van der Waals surface area contributed by atoms with Crippen molar-refractivity contribution < 1.29 is 54.4 Å². The third-order valence-corrected chi connectivity index (χ3v) is 6.78. The number of benzene rings is 1. The number of hydrogen-bond acceptors (Lipinski definition) is 15. The summed E-state index contributed by atoms with van der Waals surface area (Å²) in [4.78, 5) is 50.2. The summed E-state index contributed by atoms with van der Waals surface area (Å²) in [5.41, 5.74) is 6.69. The van der Waals surface area contributed by atoms with E-state index in [1.807, 2.05) is 30.3 Å². The molecule has 0 spiro atoms. The molecule has 0 aromatic heterocycles. The summed E-state index contributed by atoms with van der Waals surface area (Å²) >= 11 is 0. The van der Waals surface area contributed by atoms with Crippen molar-refractivity contribution >= 4 is 17.8 Å². The number of esters is 2. The van der Waals surface area contributed by atoms with Gasteiger partial charge in [-0.3, -0.25) is 45.4 Å². The minimum atomic E-state index is -0.842. The summed E-state index contributed by atoms with van der Waals surface area (Å²) in [6.07, 6.45) is 4.00. The number of hydrogen-bond donors (Lipinski definition) is 6. The highest BCUT2D eigenvalue weighted by atomic mass is 17.1. The molecule has 0 bridgehead atoms. The molecule has 16 heteroatoms. The molecule has 1 fully saturated rings. The van der Waals surface area contributed by atoms with Gasteiger partial charge in [0.15, 0.2) is 0 Å². The maximum Gasteiger partial charge on any atom is 0.328 e. The Labute approximate surface area is 250 Å². The van der Waals surface area contributed by atoms with Crippen molar-refractivity contribution in [3.63, 3.8) is 0 Å². The monoisotopic (exact) mass is 615 g/mol. The Kier molecular flexibility index (Phi) is 17.8. The Bertz CT molecular complexity index is 941. The SMILES string of the molecule is NCCCCC(NC(CCc1ccccc1)C(=O)OCCCON(O)O)C(=O)N1CCCC1C(=O)OCCCON(O)O. The molecule has 43 heavy (non-hydrogen) atoms. The molecule has 7 N–H and O–H groups in total. The Hall–Kier alpha value is -2.77. The third-order valence-electron chi connectivity index (χ3n) is 6.78. The minimum absolute atomic E-state index is 0.0313. The normalized spacial score (nSPS) is 16.4. The number of nitrogens with one attached hydrogen (secondary N) is 1. The Morgan fingerprint density at radius 3 is 2.16 bits per heavy atom. The number of nitrogens with zero attached hydrogens (tertiary/aromatic N) is 3. The fourth-order valence-corrected chi connectivity index (χ4v) is 4.67. The summed E-state index contributed by atoms with van der Waals surface area (Å²) in [5.74, 6) is -1.46. The smallest absolute Gasteiger partial charge is 0.328 e. The summed E-state index contributed by atoms with van der Waals surface area (Å²) in [6, 6.07) is 7.15. The van der Waals surface area contributed by atoms with Crippen LogP contribution in [0.5, 0.6) is 0 Å². The van der Waals surface area contributed by atoms with Crippen LogP contribution >= 0.6 is 0 Å². The van der Waals surface area contributed by atoms with Gasteiger partial charge in [-0.25, -0.2) is 4.79 Å². The van der Waals surface area contributed by atoms with E-state index in [4.69, 9.17) is 36.0 Å². The summed E-state index contributed by atoms with van der Waals surface area (Å²) in [6.45, 7) is 0.540. The lowest BCUT2D eigenvalue weighted by Crippen LogP contribution is -2.54. The van der Waals surface area contributed by atoms with E-state index in [1.54, 1.807) is 0 Å². The predicted molar refractivity (Wildman–Crippen MR) is 147 cm³/mol. The van der Waals surface area contributed by atoms with Crippen LogP contribution < -0.4 is 11.1 Å². The molecule has 16 nitrogen and oxygen atoms in total. The summed E-state index contributed by atoms with van der Waals surface area (Å²) in [7, 11) is 0. The molecular weight excluding hydrogens is 570 g/mol. The first kappa shape index (κ1) is 36.4. The molecule has 1 aromatic carbocycles. The second-order valence-electron chi connectivity index (χ2n) is 9.98. The van der Waals surface area contributed by atoms with Crippen LogP contribution in [0.2, 0.25) is 0 Å². The minimum Gasteiger partial charge on any atom is -0.464 e. The van der Waals surface area contributed by atoms with E-state index in [0.29, 0.717) is 58.0 Å². The van der Waals surface area contributed by atoms with Crippen LogP contribution in [0.15, 0.2) is 30.3 Å². The quantitative estimate of drug-likeness (QED) is 0.0608. The van der Waals surface area contributed by atoms with E-state index >= 15 is 0 Å². The lowest BCUT2D eigenvalue weighted by Gasteiger charge is -2.30. The van der Waals surface area contributed by atoms with Gasteiger partial charge < -0.3 is 20.1 Å². The van der Waals surface area contributed by atoms with Gasteiger partial charge in [-0.2, -0.15) is 0 Å². The van der Waals surface area contributed by atoms with E-state index in [9.17, 15) is 14.4 Å². The van der Waals surface area contributed by atoms with Crippen molar-refractivity contribution in [1.82, 2.24) is 21.0 Å². The second-order valence-corrected chi connectivity index (χ2v) is 9.98. The molecule has 244 valence electrons. The molecule has 0 aliphatic carbocycles. The lowest BCUT2D eigenvalue weighted by atomic mass is 10.0. The van der Waals surface area contributed by atoms with Gasteiger partial charge in [0.05, 0.1) is 43.2 Å². The van der Waals surface area contributed by atoms with Crippen LogP contribution in [0.3, 0.4) is 0 Å². The molecule has 0 radical (unpaired) electrons. The highest BCUT2D eigenvalue weighted by molar-refractivity contribution is 5.89. The van der Waals surface area contributed by atoms with Gasteiger partial charge in [-0.1, -0.05) is 36.8 Å². The molecule has 1 amide bonds. The van der Waals surface area contributed by atoms with Gasteiger partial charge in [0, 0.05) is 19.4 Å². The summed E-state index contributed by atoms with van der Waals surface area (Å²) in [5, 5.41) is 36.8. The fourth-order valence-electron chi connectivity index (χ4n) is 4.67. The van der Waals surface area contributed by atoms with Crippen molar-refractivity contribution in [2.24, 2.45) is 5.73 Å². The van der Waals surface area contributed by atoms with Crippen molar-refractivity contribution in [1.29, 1.82) is 0 Å². The number of rotatable bonds is 22. The molecule has 0 saturated carbocycles. The van der Waals surface area contributed by atoms with Gasteiger partial charge in [0.2, 0.25) is 5.91 Å². The Balaban J connectivity index is 2.09. The topological polar surface area (TPSA) is 217 Å². The van der Waals surface area contributed by atoms with Gasteiger partial charge in [-0.15, -0.1) is 0 Å². The third kappa shape index (κ3) is 14.5. The number of carbonyl (C=O) groups is 3. The lowest BCUT2D eigenvalue weighted by molar-refractivity contribution is -0.493. The maximum atomic E-state index is 13.8. The van der Waals surface area contributed by atoms with Crippen LogP contribution in [0.4, 0.5) is 0 Å². The first-order valence-corrected chi connectivity index (χ1v) is 14.5. The summed E-state index contributed by atoms with van der Waals surface area (Å²) < 4.78 is 10.7. The Morgan fingerprint density at radius 1 is 0.884 bits per heavy atom. The average Bonchev–Trinajstić information content (AvgIpc) is 3.48. The maximum absolute atomic E-state index is 13.8. The second kappa shape index (κ2) is 21.0. The first-order chi connectivity index (χ1) is 20.7. The zero-order valence-corrected chi connectivity index (χ0v) is 24.3. The zero-order chi connectivity index (χ0) is 31.5. The number of ether oxygens (including phenoxy) is 2. The number of unbranched alkanes of at least 4 members (excludes halogenated alkanes) is 1. The molecule has 1 aliphatic rings. The van der Waals surface area contributed by atoms with Gasteiger partial charge in [0.25, 0.3) is 0 Å². The number of amides is 1. The molecule has 1 heterocycles. The molecule has 1 aromatic rings. The number of nitrogens with two attached hydrogens (primary N) is 1. The fraction of sp³-hybridized carbons (Fsp3) is 0.667. The van der Waals surface area contributed by atoms with Gasteiger partial charge in [-0.05, 0) is 50.6 Å². The van der Waals surface area contributed by atoms with E-state index in [2.05, 4.69) is 15.0 Å². The predicted octanol–water partition coefficient (Wildman–Crippen LogP) is 0.957. The number of likely N-dealkylation sites (tertiary alicyclic amines) is 1.